The van der Waals surface area contributed by atoms with Gasteiger partial charge < -0.3 is 19.9 Å². The van der Waals surface area contributed by atoms with Crippen LogP contribution in [0.4, 0.5) is 9.18 Å². The van der Waals surface area contributed by atoms with Crippen LogP contribution in [-0.4, -0.2) is 27.9 Å². The second-order valence-electron chi connectivity index (χ2n) is 5.94. The van der Waals surface area contributed by atoms with Crippen LogP contribution >= 0.6 is 0 Å². The lowest BCUT2D eigenvalue weighted by Gasteiger charge is -2.20. The van der Waals surface area contributed by atoms with Crippen molar-refractivity contribution in [2.24, 2.45) is 7.05 Å². The highest BCUT2D eigenvalue weighted by Crippen LogP contribution is 2.24. The molecule has 27 heavy (non-hydrogen) atoms. The zero-order valence-electron chi connectivity index (χ0n) is 15.0. The third kappa shape index (κ3) is 4.60. The minimum Gasteiger partial charge on any atom is -0.497 e. The monoisotopic (exact) mass is 369 g/mol. The molecule has 2 aromatic carbocycles. The number of hydrogen-bond acceptors (Lipinski definition) is 4. The zero-order valence-corrected chi connectivity index (χ0v) is 15.0. The summed E-state index contributed by atoms with van der Waals surface area (Å²) in [5.74, 6) is 1.01. The summed E-state index contributed by atoms with van der Waals surface area (Å²) in [6.45, 7) is 0.237. The Labute approximate surface area is 156 Å². The van der Waals surface area contributed by atoms with Gasteiger partial charge in [0.2, 0.25) is 0 Å². The molecule has 0 aliphatic heterocycles. The Hall–Kier alpha value is -3.42. The number of aryl methyl sites for hydroxylation is 1. The SMILES string of the molecule is COc1ccc(C(NC(=O)NCc2nncn2C)c2ccc(F)cc2)cc1. The van der Waals surface area contributed by atoms with E-state index in [1.54, 1.807) is 37.2 Å². The van der Waals surface area contributed by atoms with Crippen LogP contribution in [0.5, 0.6) is 5.75 Å². The van der Waals surface area contributed by atoms with Gasteiger partial charge in [-0.1, -0.05) is 24.3 Å². The van der Waals surface area contributed by atoms with Crippen LogP contribution in [-0.2, 0) is 13.6 Å². The molecule has 3 aromatic rings. The quantitative estimate of drug-likeness (QED) is 0.700. The second-order valence-corrected chi connectivity index (χ2v) is 5.94. The maximum atomic E-state index is 13.3. The van der Waals surface area contributed by atoms with Crippen molar-refractivity contribution in [2.45, 2.75) is 12.6 Å². The van der Waals surface area contributed by atoms with Gasteiger partial charge in [-0.15, -0.1) is 10.2 Å². The fraction of sp³-hybridized carbons (Fsp3) is 0.211. The number of ether oxygens (including phenoxy) is 1. The average Bonchev–Trinajstić information content (AvgIpc) is 3.10. The first-order valence-corrected chi connectivity index (χ1v) is 8.33. The van der Waals surface area contributed by atoms with Crippen molar-refractivity contribution in [1.29, 1.82) is 0 Å². The van der Waals surface area contributed by atoms with E-state index in [9.17, 15) is 9.18 Å². The molecule has 0 aliphatic rings. The molecule has 1 unspecified atom stereocenters. The minimum atomic E-state index is -0.448. The van der Waals surface area contributed by atoms with Gasteiger partial charge >= 0.3 is 6.03 Å². The predicted molar refractivity (Wildman–Crippen MR) is 97.6 cm³/mol. The zero-order chi connectivity index (χ0) is 19.2. The number of benzene rings is 2. The van der Waals surface area contributed by atoms with Gasteiger partial charge in [0.05, 0.1) is 19.7 Å². The highest BCUT2D eigenvalue weighted by molar-refractivity contribution is 5.75. The number of halogens is 1. The fourth-order valence-corrected chi connectivity index (χ4v) is 2.62. The third-order valence-corrected chi connectivity index (χ3v) is 4.14. The number of carbonyl (C=O) groups excluding carboxylic acids is 1. The summed E-state index contributed by atoms with van der Waals surface area (Å²) in [5, 5.41) is 13.4. The lowest BCUT2D eigenvalue weighted by molar-refractivity contribution is 0.238. The van der Waals surface area contributed by atoms with E-state index in [0.29, 0.717) is 11.6 Å². The van der Waals surface area contributed by atoms with E-state index >= 15 is 0 Å². The summed E-state index contributed by atoms with van der Waals surface area (Å²) >= 11 is 0. The van der Waals surface area contributed by atoms with Gasteiger partial charge in [-0.3, -0.25) is 0 Å². The lowest BCUT2D eigenvalue weighted by atomic mass is 9.98. The van der Waals surface area contributed by atoms with Crippen LogP contribution in [0.2, 0.25) is 0 Å². The summed E-state index contributed by atoms with van der Waals surface area (Å²) in [6.07, 6.45) is 1.56. The number of carbonyl (C=O) groups is 1. The Morgan fingerprint density at radius 3 is 2.33 bits per heavy atom. The van der Waals surface area contributed by atoms with Gasteiger partial charge in [0.1, 0.15) is 17.9 Å². The van der Waals surface area contributed by atoms with Crippen molar-refractivity contribution in [2.75, 3.05) is 7.11 Å². The molecular formula is C19H20FN5O2. The van der Waals surface area contributed by atoms with Gasteiger partial charge in [0.25, 0.3) is 0 Å². The predicted octanol–water partition coefficient (Wildman–Crippen LogP) is 2.55. The van der Waals surface area contributed by atoms with Crippen LogP contribution in [0, 0.1) is 5.82 Å². The number of methoxy groups -OCH3 is 1. The number of nitrogens with zero attached hydrogens (tertiary/aromatic N) is 3. The van der Waals surface area contributed by atoms with E-state index in [1.807, 2.05) is 24.3 Å². The van der Waals surface area contributed by atoms with Crippen molar-refractivity contribution >= 4 is 6.03 Å². The first kappa shape index (κ1) is 18.4. The first-order chi connectivity index (χ1) is 13.1. The molecule has 2 N–H and O–H groups in total. The lowest BCUT2D eigenvalue weighted by Crippen LogP contribution is -2.38. The molecule has 8 heteroatoms. The summed E-state index contributed by atoms with van der Waals surface area (Å²) in [6, 6.07) is 12.5. The number of hydrogen-bond donors (Lipinski definition) is 2. The van der Waals surface area contributed by atoms with Gasteiger partial charge in [0, 0.05) is 7.05 Å². The molecule has 1 heterocycles. The topological polar surface area (TPSA) is 81.1 Å². The molecule has 0 spiro atoms. The highest BCUT2D eigenvalue weighted by atomic mass is 19.1. The number of aromatic nitrogens is 3. The van der Waals surface area contributed by atoms with E-state index in [2.05, 4.69) is 20.8 Å². The van der Waals surface area contributed by atoms with Crippen molar-refractivity contribution in [1.82, 2.24) is 25.4 Å². The van der Waals surface area contributed by atoms with E-state index in [4.69, 9.17) is 4.74 Å². The van der Waals surface area contributed by atoms with Gasteiger partial charge in [0.15, 0.2) is 5.82 Å². The average molecular weight is 369 g/mol. The molecule has 0 fully saturated rings. The van der Waals surface area contributed by atoms with Crippen molar-refractivity contribution in [3.8, 4) is 5.75 Å². The van der Waals surface area contributed by atoms with Crippen molar-refractivity contribution in [3.05, 3.63) is 77.6 Å². The maximum Gasteiger partial charge on any atom is 0.315 e. The Kier molecular flexibility index (Phi) is 5.65. The molecule has 7 nitrogen and oxygen atoms in total. The first-order valence-electron chi connectivity index (χ1n) is 8.33. The number of nitrogens with one attached hydrogen (secondary N) is 2. The number of urea groups is 1. The Morgan fingerprint density at radius 2 is 1.78 bits per heavy atom. The van der Waals surface area contributed by atoms with E-state index in [1.165, 1.54) is 12.1 Å². The van der Waals surface area contributed by atoms with Gasteiger partial charge in [-0.2, -0.15) is 0 Å². The summed E-state index contributed by atoms with van der Waals surface area (Å²) in [4.78, 5) is 12.4. The Morgan fingerprint density at radius 1 is 1.15 bits per heavy atom. The molecule has 140 valence electrons. The molecule has 0 aliphatic carbocycles. The van der Waals surface area contributed by atoms with E-state index in [0.717, 1.165) is 11.1 Å². The third-order valence-electron chi connectivity index (χ3n) is 4.14. The van der Waals surface area contributed by atoms with Crippen LogP contribution in [0.1, 0.15) is 23.0 Å². The summed E-state index contributed by atoms with van der Waals surface area (Å²) in [5.41, 5.74) is 1.60. The van der Waals surface area contributed by atoms with Crippen LogP contribution in [0.3, 0.4) is 0 Å². The standard InChI is InChI=1S/C19H20FN5O2/c1-25-12-22-24-17(25)11-21-19(26)23-18(13-3-7-15(20)8-4-13)14-5-9-16(27-2)10-6-14/h3-10,12,18H,11H2,1-2H3,(H2,21,23,26). The second kappa shape index (κ2) is 8.31. The maximum absolute atomic E-state index is 13.3. The van der Waals surface area contributed by atoms with E-state index in [-0.39, 0.29) is 18.4 Å². The number of rotatable bonds is 6. The molecular weight excluding hydrogens is 349 g/mol. The molecule has 0 saturated carbocycles. The van der Waals surface area contributed by atoms with Crippen LogP contribution < -0.4 is 15.4 Å². The van der Waals surface area contributed by atoms with Crippen molar-refractivity contribution in [3.63, 3.8) is 0 Å². The number of amides is 2. The molecule has 3 rings (SSSR count). The smallest absolute Gasteiger partial charge is 0.315 e. The Balaban J connectivity index is 1.77. The van der Waals surface area contributed by atoms with E-state index < -0.39 is 6.04 Å². The highest BCUT2D eigenvalue weighted by Gasteiger charge is 2.17. The summed E-state index contributed by atoms with van der Waals surface area (Å²) in [7, 11) is 3.39. The van der Waals surface area contributed by atoms with Crippen LogP contribution in [0.25, 0.3) is 0 Å². The molecule has 1 atom stereocenters. The van der Waals surface area contributed by atoms with Crippen molar-refractivity contribution < 1.29 is 13.9 Å². The molecule has 1 aromatic heterocycles. The fourth-order valence-electron chi connectivity index (χ4n) is 2.62. The van der Waals surface area contributed by atoms with Gasteiger partial charge in [-0.05, 0) is 35.4 Å². The molecule has 0 saturated heterocycles. The molecule has 2 amide bonds. The summed E-state index contributed by atoms with van der Waals surface area (Å²) < 4.78 is 20.2. The Bertz CT molecular complexity index is 893. The van der Waals surface area contributed by atoms with Gasteiger partial charge in [-0.25, -0.2) is 9.18 Å². The largest absolute Gasteiger partial charge is 0.497 e. The molecule has 0 radical (unpaired) electrons. The molecule has 0 bridgehead atoms. The minimum absolute atomic E-state index is 0.237. The normalized spacial score (nSPS) is 11.7. The van der Waals surface area contributed by atoms with Crippen LogP contribution in [0.15, 0.2) is 54.9 Å².